The molecule has 2 N–H and O–H groups in total. The fraction of sp³-hybridized carbons (Fsp3) is 0.143. The molecule has 2 aromatic carbocycles. The van der Waals surface area contributed by atoms with Crippen LogP contribution in [0.3, 0.4) is 0 Å². The van der Waals surface area contributed by atoms with Gasteiger partial charge in [0, 0.05) is 27.8 Å². The van der Waals surface area contributed by atoms with Crippen molar-refractivity contribution in [2.45, 2.75) is 13.5 Å². The summed E-state index contributed by atoms with van der Waals surface area (Å²) in [5.74, 6) is 0.196. The molecule has 0 aliphatic heterocycles. The largest absolute Gasteiger partial charge is 0.508 e. The Morgan fingerprint density at radius 2 is 1.94 bits per heavy atom. The monoisotopic (exact) mass is 281 g/mol. The Balaban J connectivity index is 2.16. The lowest BCUT2D eigenvalue weighted by Crippen LogP contribution is -2.01. The zero-order chi connectivity index (χ0) is 13.1. The summed E-state index contributed by atoms with van der Waals surface area (Å²) in [7, 11) is 0. The summed E-state index contributed by atoms with van der Waals surface area (Å²) >= 11 is 11.9. The number of rotatable bonds is 3. The third-order valence-electron chi connectivity index (χ3n) is 2.74. The van der Waals surface area contributed by atoms with E-state index in [1.807, 2.05) is 25.1 Å². The lowest BCUT2D eigenvalue weighted by Gasteiger charge is -2.12. The van der Waals surface area contributed by atoms with Gasteiger partial charge in [-0.3, -0.25) is 0 Å². The van der Waals surface area contributed by atoms with Gasteiger partial charge in [0.2, 0.25) is 0 Å². The first kappa shape index (κ1) is 13.1. The van der Waals surface area contributed by atoms with Gasteiger partial charge >= 0.3 is 0 Å². The van der Waals surface area contributed by atoms with E-state index in [1.54, 1.807) is 18.2 Å². The highest BCUT2D eigenvalue weighted by Crippen LogP contribution is 2.27. The van der Waals surface area contributed by atoms with Gasteiger partial charge in [-0.25, -0.2) is 0 Å². The molecule has 0 bridgehead atoms. The molecule has 0 aliphatic rings. The molecule has 0 amide bonds. The molecule has 4 heteroatoms. The van der Waals surface area contributed by atoms with Gasteiger partial charge in [0.25, 0.3) is 0 Å². The average Bonchev–Trinajstić information content (AvgIpc) is 2.31. The number of hydrogen-bond acceptors (Lipinski definition) is 2. The molecule has 2 rings (SSSR count). The molecule has 0 saturated carbocycles. The predicted molar refractivity (Wildman–Crippen MR) is 76.6 cm³/mol. The lowest BCUT2D eigenvalue weighted by atomic mass is 10.1. The number of aryl methyl sites for hydroxylation is 1. The van der Waals surface area contributed by atoms with Gasteiger partial charge in [-0.2, -0.15) is 0 Å². The highest BCUT2D eigenvalue weighted by molar-refractivity contribution is 6.31. The second kappa shape index (κ2) is 5.51. The SMILES string of the molecule is Cc1cc(Cl)ccc1NCc1c(O)cccc1Cl. The van der Waals surface area contributed by atoms with Crippen molar-refractivity contribution >= 4 is 28.9 Å². The van der Waals surface area contributed by atoms with E-state index in [4.69, 9.17) is 23.2 Å². The Bertz CT molecular complexity index is 549. The van der Waals surface area contributed by atoms with Gasteiger partial charge in [0.1, 0.15) is 5.75 Å². The minimum Gasteiger partial charge on any atom is -0.508 e. The van der Waals surface area contributed by atoms with Crippen molar-refractivity contribution in [2.24, 2.45) is 0 Å². The molecule has 0 heterocycles. The second-order valence-electron chi connectivity index (χ2n) is 4.05. The van der Waals surface area contributed by atoms with E-state index in [-0.39, 0.29) is 5.75 Å². The summed E-state index contributed by atoms with van der Waals surface area (Å²) in [5, 5.41) is 14.2. The first-order chi connectivity index (χ1) is 8.58. The van der Waals surface area contributed by atoms with E-state index in [2.05, 4.69) is 5.32 Å². The van der Waals surface area contributed by atoms with Crippen molar-refractivity contribution in [3.05, 3.63) is 57.6 Å². The lowest BCUT2D eigenvalue weighted by molar-refractivity contribution is 0.469. The van der Waals surface area contributed by atoms with Crippen molar-refractivity contribution in [1.82, 2.24) is 0 Å². The molecule has 0 radical (unpaired) electrons. The van der Waals surface area contributed by atoms with Crippen molar-refractivity contribution in [3.63, 3.8) is 0 Å². The summed E-state index contributed by atoms with van der Waals surface area (Å²) in [5.41, 5.74) is 2.71. The van der Waals surface area contributed by atoms with E-state index >= 15 is 0 Å². The van der Waals surface area contributed by atoms with Crippen LogP contribution in [0, 0.1) is 6.92 Å². The van der Waals surface area contributed by atoms with Crippen LogP contribution in [0.5, 0.6) is 5.75 Å². The minimum atomic E-state index is 0.196. The molecule has 2 aromatic rings. The fourth-order valence-corrected chi connectivity index (χ4v) is 2.19. The minimum absolute atomic E-state index is 0.196. The Hall–Kier alpha value is -1.38. The van der Waals surface area contributed by atoms with Crippen molar-refractivity contribution in [3.8, 4) is 5.75 Å². The number of benzene rings is 2. The molecule has 0 aromatic heterocycles. The fourth-order valence-electron chi connectivity index (χ4n) is 1.73. The number of aromatic hydroxyl groups is 1. The second-order valence-corrected chi connectivity index (χ2v) is 4.89. The van der Waals surface area contributed by atoms with Crippen LogP contribution in [0.2, 0.25) is 10.0 Å². The molecule has 0 fully saturated rings. The third kappa shape index (κ3) is 2.89. The summed E-state index contributed by atoms with van der Waals surface area (Å²) < 4.78 is 0. The maximum Gasteiger partial charge on any atom is 0.122 e. The summed E-state index contributed by atoms with van der Waals surface area (Å²) in [4.78, 5) is 0. The van der Waals surface area contributed by atoms with Gasteiger partial charge in [0.05, 0.1) is 0 Å². The van der Waals surface area contributed by atoms with Gasteiger partial charge < -0.3 is 10.4 Å². The maximum atomic E-state index is 9.74. The topological polar surface area (TPSA) is 32.3 Å². The van der Waals surface area contributed by atoms with Crippen LogP contribution in [0.25, 0.3) is 0 Å². The molecular weight excluding hydrogens is 269 g/mol. The van der Waals surface area contributed by atoms with Crippen LogP contribution in [-0.4, -0.2) is 5.11 Å². The molecule has 2 nitrogen and oxygen atoms in total. The normalized spacial score (nSPS) is 10.4. The van der Waals surface area contributed by atoms with Crippen LogP contribution in [0.15, 0.2) is 36.4 Å². The zero-order valence-electron chi connectivity index (χ0n) is 9.87. The average molecular weight is 282 g/mol. The molecule has 94 valence electrons. The van der Waals surface area contributed by atoms with Crippen LogP contribution in [0.4, 0.5) is 5.69 Å². The molecule has 0 atom stereocenters. The summed E-state index contributed by atoms with van der Waals surface area (Å²) in [6.45, 7) is 2.44. The van der Waals surface area contributed by atoms with Gasteiger partial charge in [-0.15, -0.1) is 0 Å². The molecule has 18 heavy (non-hydrogen) atoms. The number of phenols is 1. The summed E-state index contributed by atoms with van der Waals surface area (Å²) in [6, 6.07) is 10.7. The van der Waals surface area contributed by atoms with E-state index in [0.29, 0.717) is 22.2 Å². The quantitative estimate of drug-likeness (QED) is 0.861. The van der Waals surface area contributed by atoms with Gasteiger partial charge in [-0.1, -0.05) is 29.3 Å². The van der Waals surface area contributed by atoms with E-state index in [1.165, 1.54) is 0 Å². The van der Waals surface area contributed by atoms with Crippen molar-refractivity contribution in [2.75, 3.05) is 5.32 Å². The van der Waals surface area contributed by atoms with Crippen LogP contribution >= 0.6 is 23.2 Å². The molecule has 0 spiro atoms. The van der Waals surface area contributed by atoms with Gasteiger partial charge in [-0.05, 0) is 42.8 Å². The van der Waals surface area contributed by atoms with Gasteiger partial charge in [0.15, 0.2) is 0 Å². The van der Waals surface area contributed by atoms with Crippen LogP contribution in [-0.2, 0) is 6.54 Å². The molecular formula is C14H13Cl2NO. The zero-order valence-corrected chi connectivity index (χ0v) is 11.4. The third-order valence-corrected chi connectivity index (χ3v) is 3.33. The predicted octanol–water partition coefficient (Wildman–Crippen LogP) is 4.62. The van der Waals surface area contributed by atoms with Crippen LogP contribution < -0.4 is 5.32 Å². The maximum absolute atomic E-state index is 9.74. The van der Waals surface area contributed by atoms with E-state index < -0.39 is 0 Å². The Morgan fingerprint density at radius 3 is 2.61 bits per heavy atom. The molecule has 0 saturated heterocycles. The first-order valence-electron chi connectivity index (χ1n) is 5.54. The number of halogens is 2. The summed E-state index contributed by atoms with van der Waals surface area (Å²) in [6.07, 6.45) is 0. The highest BCUT2D eigenvalue weighted by Gasteiger charge is 2.06. The number of nitrogens with one attached hydrogen (secondary N) is 1. The number of phenolic OH excluding ortho intramolecular Hbond substituents is 1. The van der Waals surface area contributed by atoms with Crippen molar-refractivity contribution < 1.29 is 5.11 Å². The van der Waals surface area contributed by atoms with E-state index in [9.17, 15) is 5.11 Å². The molecule has 0 aliphatic carbocycles. The number of hydrogen-bond donors (Lipinski definition) is 2. The highest BCUT2D eigenvalue weighted by atomic mass is 35.5. The van der Waals surface area contributed by atoms with Crippen molar-refractivity contribution in [1.29, 1.82) is 0 Å². The molecule has 0 unspecified atom stereocenters. The standard InChI is InChI=1S/C14H13Cl2NO/c1-9-7-10(15)5-6-13(9)17-8-11-12(16)3-2-4-14(11)18/h2-7,17-18H,8H2,1H3. The van der Waals surface area contributed by atoms with E-state index in [0.717, 1.165) is 11.3 Å². The Kier molecular flexibility index (Phi) is 4.00. The van der Waals surface area contributed by atoms with Crippen LogP contribution in [0.1, 0.15) is 11.1 Å². The Labute approximate surface area is 116 Å². The Morgan fingerprint density at radius 1 is 1.17 bits per heavy atom. The smallest absolute Gasteiger partial charge is 0.122 e. The number of anilines is 1. The first-order valence-corrected chi connectivity index (χ1v) is 6.30.